The number of hydrogen-bond donors (Lipinski definition) is 4. The van der Waals surface area contributed by atoms with Gasteiger partial charge in [-0.3, -0.25) is 0 Å². The predicted molar refractivity (Wildman–Crippen MR) is 71.3 cm³/mol. The number of aliphatic hydroxyl groups excluding tert-OH is 3. The summed E-state index contributed by atoms with van der Waals surface area (Å²) in [5.74, 6) is 1.05. The molecule has 3 nitrogen and oxygen atoms in total. The van der Waals surface area contributed by atoms with Crippen LogP contribution in [-0.4, -0.2) is 42.4 Å². The van der Waals surface area contributed by atoms with E-state index < -0.39 is 0 Å². The molecule has 0 aromatic heterocycles. The van der Waals surface area contributed by atoms with Crippen LogP contribution >= 0.6 is 12.6 Å². The molecule has 0 heterocycles. The Labute approximate surface area is 122 Å². The van der Waals surface area contributed by atoms with Gasteiger partial charge in [-0.05, 0) is 12.2 Å². The molecule has 16 heavy (non-hydrogen) atoms. The molecule has 3 N–H and O–H groups in total. The minimum Gasteiger partial charge on any atom is -0.400 e. The van der Waals surface area contributed by atoms with Gasteiger partial charge in [-0.15, -0.1) is 0 Å². The SMILES string of the molecule is CO.CO.CO.[CH2-]CCCCCCCS.[Ti]. The summed E-state index contributed by atoms with van der Waals surface area (Å²) in [5.41, 5.74) is 0. The van der Waals surface area contributed by atoms with Crippen LogP contribution in [0.4, 0.5) is 0 Å². The summed E-state index contributed by atoms with van der Waals surface area (Å²) in [4.78, 5) is 0. The summed E-state index contributed by atoms with van der Waals surface area (Å²) in [7, 11) is 3.00. The van der Waals surface area contributed by atoms with Crippen LogP contribution < -0.4 is 0 Å². The summed E-state index contributed by atoms with van der Waals surface area (Å²) in [6.07, 6.45) is 7.75. The van der Waals surface area contributed by atoms with Gasteiger partial charge in [-0.25, -0.2) is 0 Å². The second-order valence-corrected chi connectivity index (χ2v) is 2.79. The first-order valence-corrected chi connectivity index (χ1v) is 5.79. The van der Waals surface area contributed by atoms with Crippen molar-refractivity contribution in [3.8, 4) is 0 Å². The minimum absolute atomic E-state index is 0. The summed E-state index contributed by atoms with van der Waals surface area (Å²) in [6.45, 7) is 3.79. The normalized spacial score (nSPS) is 6.75. The van der Waals surface area contributed by atoms with Crippen molar-refractivity contribution in [1.82, 2.24) is 0 Å². The van der Waals surface area contributed by atoms with E-state index in [1.54, 1.807) is 0 Å². The number of thiol groups is 1. The average Bonchev–Trinajstić information content (AvgIpc) is 2.37. The standard InChI is InChI=1S/C8H17S.3CH4O.Ti/c1-2-3-4-5-6-7-8-9;3*1-2;/h9H,1-8H2;3*2H,1H3;/q-1;;;;. The molecule has 0 aliphatic rings. The Bertz CT molecular complexity index is 54.5. The van der Waals surface area contributed by atoms with Crippen molar-refractivity contribution in [3.63, 3.8) is 0 Å². The molecule has 0 atom stereocenters. The maximum Gasteiger partial charge on any atom is 0.0319 e. The molecule has 0 radical (unpaired) electrons. The Morgan fingerprint density at radius 1 is 0.750 bits per heavy atom. The van der Waals surface area contributed by atoms with Crippen LogP contribution in [0, 0.1) is 6.92 Å². The summed E-state index contributed by atoms with van der Waals surface area (Å²) in [5, 5.41) is 21.0. The van der Waals surface area contributed by atoms with Crippen LogP contribution in [0.3, 0.4) is 0 Å². The van der Waals surface area contributed by atoms with Crippen molar-refractivity contribution in [3.05, 3.63) is 6.92 Å². The fraction of sp³-hybridized carbons (Fsp3) is 0.909. The van der Waals surface area contributed by atoms with Gasteiger partial charge in [0, 0.05) is 43.0 Å². The molecule has 0 aliphatic carbocycles. The van der Waals surface area contributed by atoms with Crippen molar-refractivity contribution in [1.29, 1.82) is 0 Å². The van der Waals surface area contributed by atoms with Crippen molar-refractivity contribution in [2.45, 2.75) is 38.5 Å². The monoisotopic (exact) mass is 289 g/mol. The maximum atomic E-state index is 7.00. The molecule has 0 aromatic rings. The first-order valence-electron chi connectivity index (χ1n) is 5.16. The zero-order valence-corrected chi connectivity index (χ0v) is 13.4. The van der Waals surface area contributed by atoms with Gasteiger partial charge in [0.05, 0.1) is 0 Å². The van der Waals surface area contributed by atoms with E-state index in [1.807, 2.05) is 0 Å². The number of unbranched alkanes of at least 4 members (excludes halogenated alkanes) is 5. The Kier molecular flexibility index (Phi) is 106. The van der Waals surface area contributed by atoms with Crippen molar-refractivity contribution in [2.75, 3.05) is 27.1 Å². The van der Waals surface area contributed by atoms with Crippen LogP contribution in [0.2, 0.25) is 0 Å². The molecule has 5 heteroatoms. The Morgan fingerprint density at radius 2 is 1.06 bits per heavy atom. The Balaban J connectivity index is -0.0000000498. The van der Waals surface area contributed by atoms with E-state index in [2.05, 4.69) is 19.6 Å². The zero-order chi connectivity index (χ0) is 12.9. The van der Waals surface area contributed by atoms with Gasteiger partial charge in [-0.1, -0.05) is 25.7 Å². The quantitative estimate of drug-likeness (QED) is 0.261. The third kappa shape index (κ3) is 60.3. The van der Waals surface area contributed by atoms with Crippen LogP contribution in [0.5, 0.6) is 0 Å². The van der Waals surface area contributed by atoms with Crippen LogP contribution in [0.15, 0.2) is 0 Å². The van der Waals surface area contributed by atoms with E-state index in [4.69, 9.17) is 15.3 Å². The van der Waals surface area contributed by atoms with E-state index >= 15 is 0 Å². The molecular formula is C11H29O3STi-. The van der Waals surface area contributed by atoms with Gasteiger partial charge in [0.15, 0.2) is 0 Å². The molecule has 0 saturated heterocycles. The summed E-state index contributed by atoms with van der Waals surface area (Å²) < 4.78 is 0. The molecule has 0 rings (SSSR count). The maximum absolute atomic E-state index is 7.00. The second kappa shape index (κ2) is 56.4. The molecule has 102 valence electrons. The summed E-state index contributed by atoms with van der Waals surface area (Å²) >= 11 is 4.13. The summed E-state index contributed by atoms with van der Waals surface area (Å²) in [6, 6.07) is 0. The Hall–Kier alpha value is 0.944. The largest absolute Gasteiger partial charge is 0.400 e. The van der Waals surface area contributed by atoms with E-state index in [9.17, 15) is 0 Å². The van der Waals surface area contributed by atoms with Crippen molar-refractivity contribution >= 4 is 12.6 Å². The van der Waals surface area contributed by atoms with Crippen LogP contribution in [-0.2, 0) is 21.7 Å². The van der Waals surface area contributed by atoms with Crippen LogP contribution in [0.1, 0.15) is 38.5 Å². The molecule has 0 saturated carbocycles. The number of rotatable bonds is 6. The van der Waals surface area contributed by atoms with E-state index in [-0.39, 0.29) is 21.7 Å². The smallest absolute Gasteiger partial charge is 0.0319 e. The van der Waals surface area contributed by atoms with Gasteiger partial charge in [0.25, 0.3) is 0 Å². The molecule has 0 spiro atoms. The molecule has 0 bridgehead atoms. The van der Waals surface area contributed by atoms with Gasteiger partial charge in [0.2, 0.25) is 0 Å². The number of aliphatic hydroxyl groups is 3. The topological polar surface area (TPSA) is 60.7 Å². The first kappa shape index (κ1) is 30.2. The van der Waals surface area contributed by atoms with Gasteiger partial charge in [0.1, 0.15) is 0 Å². The minimum atomic E-state index is 0. The van der Waals surface area contributed by atoms with Crippen molar-refractivity contribution < 1.29 is 37.0 Å². The fourth-order valence-electron chi connectivity index (χ4n) is 0.819. The molecule has 0 aliphatic heterocycles. The molecular weight excluding hydrogens is 260 g/mol. The van der Waals surface area contributed by atoms with Gasteiger partial charge < -0.3 is 22.2 Å². The molecule has 0 unspecified atom stereocenters. The molecule has 0 aromatic carbocycles. The zero-order valence-electron chi connectivity index (χ0n) is 10.9. The van der Waals surface area contributed by atoms with E-state index in [1.165, 1.54) is 32.1 Å². The third-order valence-corrected chi connectivity index (χ3v) is 1.72. The number of hydrogen-bond acceptors (Lipinski definition) is 4. The average molecular weight is 289 g/mol. The molecule has 0 fully saturated rings. The second-order valence-electron chi connectivity index (χ2n) is 2.34. The predicted octanol–water partition coefficient (Wildman–Crippen LogP) is 1.91. The van der Waals surface area contributed by atoms with E-state index in [0.717, 1.165) is 33.5 Å². The Morgan fingerprint density at radius 3 is 1.38 bits per heavy atom. The van der Waals surface area contributed by atoms with Gasteiger partial charge >= 0.3 is 0 Å². The molecule has 0 amide bonds. The first-order chi connectivity index (χ1) is 7.41. The van der Waals surface area contributed by atoms with E-state index in [0.29, 0.717) is 0 Å². The third-order valence-electron chi connectivity index (χ3n) is 1.41. The van der Waals surface area contributed by atoms with Gasteiger partial charge in [-0.2, -0.15) is 19.0 Å². The fourth-order valence-corrected chi connectivity index (χ4v) is 1.04. The van der Waals surface area contributed by atoms with Crippen molar-refractivity contribution in [2.24, 2.45) is 0 Å². The van der Waals surface area contributed by atoms with Crippen LogP contribution in [0.25, 0.3) is 0 Å².